The highest BCUT2D eigenvalue weighted by Gasteiger charge is 2.52. The van der Waals surface area contributed by atoms with Gasteiger partial charge in [0.1, 0.15) is 6.17 Å². The molecule has 104 valence electrons. The van der Waals surface area contributed by atoms with E-state index in [0.29, 0.717) is 11.8 Å². The van der Waals surface area contributed by atoms with Crippen molar-refractivity contribution in [2.24, 2.45) is 23.2 Å². The van der Waals surface area contributed by atoms with Crippen LogP contribution in [-0.4, -0.2) is 6.17 Å². The standard InChI is InChI=1S/C17H29F/c1-17(14-8-3-2-4-9-14)15-10-6-5-7-13(15)11-12-16(17)18/h13-16H,2-12H2,1H3. The molecule has 4 unspecified atom stereocenters. The van der Waals surface area contributed by atoms with Crippen molar-refractivity contribution in [3.63, 3.8) is 0 Å². The maximum Gasteiger partial charge on any atom is 0.106 e. The fraction of sp³-hybridized carbons (Fsp3) is 1.00. The zero-order valence-corrected chi connectivity index (χ0v) is 12.0. The minimum atomic E-state index is -0.514. The van der Waals surface area contributed by atoms with Crippen molar-refractivity contribution >= 4 is 0 Å². The summed E-state index contributed by atoms with van der Waals surface area (Å²) in [6.07, 6.45) is 13.7. The topological polar surface area (TPSA) is 0 Å². The molecule has 3 fully saturated rings. The molecule has 3 saturated carbocycles. The maximum absolute atomic E-state index is 14.8. The molecule has 0 amide bonds. The van der Waals surface area contributed by atoms with E-state index in [0.717, 1.165) is 12.3 Å². The van der Waals surface area contributed by atoms with Gasteiger partial charge in [-0.1, -0.05) is 45.4 Å². The first-order valence-electron chi connectivity index (χ1n) is 8.37. The molecule has 0 N–H and O–H groups in total. The molecular weight excluding hydrogens is 223 g/mol. The normalized spacial score (nSPS) is 46.7. The quantitative estimate of drug-likeness (QED) is 0.577. The molecule has 0 aromatic rings. The summed E-state index contributed by atoms with van der Waals surface area (Å²) < 4.78 is 14.8. The van der Waals surface area contributed by atoms with Crippen LogP contribution in [0.1, 0.15) is 77.6 Å². The van der Waals surface area contributed by atoms with E-state index in [9.17, 15) is 4.39 Å². The molecule has 0 aromatic heterocycles. The van der Waals surface area contributed by atoms with Gasteiger partial charge in [0, 0.05) is 5.41 Å². The first-order chi connectivity index (χ1) is 8.73. The van der Waals surface area contributed by atoms with Crippen LogP contribution < -0.4 is 0 Å². The van der Waals surface area contributed by atoms with E-state index < -0.39 is 6.17 Å². The van der Waals surface area contributed by atoms with Crippen LogP contribution in [0.3, 0.4) is 0 Å². The van der Waals surface area contributed by atoms with Crippen LogP contribution in [0.25, 0.3) is 0 Å². The second-order valence-corrected chi connectivity index (χ2v) is 7.40. The number of halogens is 1. The molecule has 3 aliphatic carbocycles. The van der Waals surface area contributed by atoms with Gasteiger partial charge in [-0.15, -0.1) is 0 Å². The Morgan fingerprint density at radius 2 is 1.44 bits per heavy atom. The minimum Gasteiger partial charge on any atom is -0.247 e. The zero-order valence-electron chi connectivity index (χ0n) is 12.0. The summed E-state index contributed by atoms with van der Waals surface area (Å²) in [4.78, 5) is 0. The van der Waals surface area contributed by atoms with Gasteiger partial charge >= 0.3 is 0 Å². The number of alkyl halides is 1. The van der Waals surface area contributed by atoms with E-state index in [1.165, 1.54) is 64.2 Å². The molecule has 0 nitrogen and oxygen atoms in total. The van der Waals surface area contributed by atoms with Gasteiger partial charge in [0.2, 0.25) is 0 Å². The fourth-order valence-electron chi connectivity index (χ4n) is 5.56. The Labute approximate surface area is 112 Å². The highest BCUT2D eigenvalue weighted by Crippen LogP contribution is 2.58. The molecule has 0 radical (unpaired) electrons. The first kappa shape index (κ1) is 12.9. The van der Waals surface area contributed by atoms with Crippen molar-refractivity contribution in [3.05, 3.63) is 0 Å². The second-order valence-electron chi connectivity index (χ2n) is 7.40. The largest absolute Gasteiger partial charge is 0.247 e. The second kappa shape index (κ2) is 5.13. The highest BCUT2D eigenvalue weighted by atomic mass is 19.1. The van der Waals surface area contributed by atoms with Gasteiger partial charge in [0.15, 0.2) is 0 Å². The molecule has 0 heterocycles. The first-order valence-corrected chi connectivity index (χ1v) is 8.37. The van der Waals surface area contributed by atoms with Crippen molar-refractivity contribution in [2.75, 3.05) is 0 Å². The number of hydrogen-bond acceptors (Lipinski definition) is 0. The van der Waals surface area contributed by atoms with E-state index in [1.54, 1.807) is 0 Å². The molecule has 0 spiro atoms. The van der Waals surface area contributed by atoms with Crippen molar-refractivity contribution in [2.45, 2.75) is 83.7 Å². The molecule has 18 heavy (non-hydrogen) atoms. The van der Waals surface area contributed by atoms with Crippen LogP contribution in [0.15, 0.2) is 0 Å². The van der Waals surface area contributed by atoms with Gasteiger partial charge in [0.25, 0.3) is 0 Å². The average Bonchev–Trinajstić information content (AvgIpc) is 2.44. The third kappa shape index (κ3) is 2.02. The van der Waals surface area contributed by atoms with E-state index in [-0.39, 0.29) is 5.41 Å². The molecule has 1 heteroatoms. The van der Waals surface area contributed by atoms with Crippen LogP contribution in [-0.2, 0) is 0 Å². The third-order valence-corrected chi connectivity index (χ3v) is 6.66. The number of fused-ring (bicyclic) bond motifs is 1. The molecule has 0 aliphatic heterocycles. The monoisotopic (exact) mass is 252 g/mol. The molecule has 0 aromatic carbocycles. The summed E-state index contributed by atoms with van der Waals surface area (Å²) in [6.45, 7) is 2.33. The van der Waals surface area contributed by atoms with Gasteiger partial charge in [-0.2, -0.15) is 0 Å². The molecule has 4 atom stereocenters. The Morgan fingerprint density at radius 1 is 0.778 bits per heavy atom. The van der Waals surface area contributed by atoms with Crippen LogP contribution in [0.5, 0.6) is 0 Å². The smallest absolute Gasteiger partial charge is 0.106 e. The summed E-state index contributed by atoms with van der Waals surface area (Å²) >= 11 is 0. The Bertz CT molecular complexity index is 281. The van der Waals surface area contributed by atoms with Crippen LogP contribution in [0.2, 0.25) is 0 Å². The van der Waals surface area contributed by atoms with Gasteiger partial charge in [0.05, 0.1) is 0 Å². The van der Waals surface area contributed by atoms with Crippen LogP contribution >= 0.6 is 0 Å². The lowest BCUT2D eigenvalue weighted by molar-refractivity contribution is -0.0917. The van der Waals surface area contributed by atoms with E-state index in [4.69, 9.17) is 0 Å². The summed E-state index contributed by atoms with van der Waals surface area (Å²) in [7, 11) is 0. The Morgan fingerprint density at radius 3 is 2.22 bits per heavy atom. The summed E-state index contributed by atoms with van der Waals surface area (Å²) in [5, 5.41) is 0. The van der Waals surface area contributed by atoms with Gasteiger partial charge in [-0.05, 0) is 49.9 Å². The predicted octanol–water partition coefficient (Wildman–Crippen LogP) is 5.51. The number of hydrogen-bond donors (Lipinski definition) is 0. The molecule has 3 rings (SSSR count). The van der Waals surface area contributed by atoms with Gasteiger partial charge < -0.3 is 0 Å². The third-order valence-electron chi connectivity index (χ3n) is 6.66. The maximum atomic E-state index is 14.8. The Kier molecular flexibility index (Phi) is 3.69. The van der Waals surface area contributed by atoms with E-state index in [2.05, 4.69) is 6.92 Å². The fourth-order valence-corrected chi connectivity index (χ4v) is 5.56. The number of rotatable bonds is 1. The lowest BCUT2D eigenvalue weighted by Crippen LogP contribution is -2.51. The molecule has 0 saturated heterocycles. The van der Waals surface area contributed by atoms with E-state index >= 15 is 0 Å². The van der Waals surface area contributed by atoms with Crippen LogP contribution in [0, 0.1) is 23.2 Å². The molecule has 3 aliphatic rings. The summed E-state index contributed by atoms with van der Waals surface area (Å²) in [5.74, 6) is 2.25. The molecule has 0 bridgehead atoms. The Balaban J connectivity index is 1.84. The van der Waals surface area contributed by atoms with Crippen molar-refractivity contribution in [1.29, 1.82) is 0 Å². The predicted molar refractivity (Wildman–Crippen MR) is 74.3 cm³/mol. The van der Waals surface area contributed by atoms with E-state index in [1.807, 2.05) is 0 Å². The highest BCUT2D eigenvalue weighted by molar-refractivity contribution is 5.01. The Hall–Kier alpha value is -0.0700. The minimum absolute atomic E-state index is 0.0315. The van der Waals surface area contributed by atoms with Crippen molar-refractivity contribution < 1.29 is 4.39 Å². The molecular formula is C17H29F. The summed E-state index contributed by atoms with van der Waals surface area (Å²) in [5.41, 5.74) is 0.0315. The van der Waals surface area contributed by atoms with Gasteiger partial charge in [-0.3, -0.25) is 0 Å². The van der Waals surface area contributed by atoms with Crippen LogP contribution in [0.4, 0.5) is 4.39 Å². The summed E-state index contributed by atoms with van der Waals surface area (Å²) in [6, 6.07) is 0. The van der Waals surface area contributed by atoms with Crippen molar-refractivity contribution in [3.8, 4) is 0 Å². The SMILES string of the molecule is CC1(C2CCCCC2)C(F)CCC2CCCCC21. The lowest BCUT2D eigenvalue weighted by Gasteiger charge is -2.55. The van der Waals surface area contributed by atoms with Crippen molar-refractivity contribution in [1.82, 2.24) is 0 Å². The lowest BCUT2D eigenvalue weighted by atomic mass is 9.51. The van der Waals surface area contributed by atoms with Gasteiger partial charge in [-0.25, -0.2) is 4.39 Å². The average molecular weight is 252 g/mol. The zero-order chi connectivity index (χ0) is 12.6.